The number of ether oxygens (including phenoxy) is 2. The van der Waals surface area contributed by atoms with Crippen LogP contribution in [-0.4, -0.2) is 23.5 Å². The Bertz CT molecular complexity index is 759. The van der Waals surface area contributed by atoms with Crippen LogP contribution in [0.4, 0.5) is 11.4 Å². The second-order valence-electron chi connectivity index (χ2n) is 5.43. The molecule has 0 saturated heterocycles. The molecule has 0 heterocycles. The zero-order valence-electron chi connectivity index (χ0n) is 14.3. The number of anilines is 1. The topological polar surface area (TPSA) is 90.7 Å². The number of hydrogen-bond donors (Lipinski definition) is 1. The maximum Gasteiger partial charge on any atom is 0.293 e. The molecule has 7 heteroatoms. The van der Waals surface area contributed by atoms with Crippen molar-refractivity contribution in [3.63, 3.8) is 0 Å². The fourth-order valence-corrected chi connectivity index (χ4v) is 2.17. The molecule has 132 valence electrons. The number of nitrogens with one attached hydrogen (secondary N) is 1. The van der Waals surface area contributed by atoms with Gasteiger partial charge in [-0.1, -0.05) is 6.07 Å². The van der Waals surface area contributed by atoms with Crippen molar-refractivity contribution in [2.24, 2.45) is 0 Å². The first-order valence-corrected chi connectivity index (χ1v) is 7.86. The molecule has 0 bridgehead atoms. The van der Waals surface area contributed by atoms with Gasteiger partial charge in [0.25, 0.3) is 11.6 Å². The van der Waals surface area contributed by atoms with E-state index in [1.54, 1.807) is 44.2 Å². The molecule has 0 aliphatic heterocycles. The van der Waals surface area contributed by atoms with Crippen LogP contribution in [0.25, 0.3) is 0 Å². The SMILES string of the molecule is CCOc1ccc(OC(C)C(=O)Nc2ccc(C)cc2[N+](=O)[O-])cc1. The van der Waals surface area contributed by atoms with Gasteiger partial charge >= 0.3 is 0 Å². The highest BCUT2D eigenvalue weighted by molar-refractivity contribution is 5.96. The first-order chi connectivity index (χ1) is 11.9. The van der Waals surface area contributed by atoms with Gasteiger partial charge in [-0.05, 0) is 56.7 Å². The van der Waals surface area contributed by atoms with E-state index < -0.39 is 16.9 Å². The lowest BCUT2D eigenvalue weighted by molar-refractivity contribution is -0.384. The molecule has 0 radical (unpaired) electrons. The van der Waals surface area contributed by atoms with Crippen molar-refractivity contribution in [3.05, 3.63) is 58.1 Å². The summed E-state index contributed by atoms with van der Waals surface area (Å²) in [4.78, 5) is 22.8. The highest BCUT2D eigenvalue weighted by Gasteiger charge is 2.20. The number of benzene rings is 2. The Labute approximate surface area is 145 Å². The van der Waals surface area contributed by atoms with Crippen LogP contribution in [0.2, 0.25) is 0 Å². The lowest BCUT2D eigenvalue weighted by Gasteiger charge is -2.15. The van der Waals surface area contributed by atoms with Crippen molar-refractivity contribution in [3.8, 4) is 11.5 Å². The standard InChI is InChI=1S/C18H20N2O5/c1-4-24-14-6-8-15(9-7-14)25-13(3)18(21)19-16-10-5-12(2)11-17(16)20(22)23/h5-11,13H,4H2,1-3H3,(H,19,21). The minimum Gasteiger partial charge on any atom is -0.494 e. The summed E-state index contributed by atoms with van der Waals surface area (Å²) >= 11 is 0. The molecule has 0 spiro atoms. The van der Waals surface area contributed by atoms with E-state index in [4.69, 9.17) is 9.47 Å². The Morgan fingerprint density at radius 1 is 1.20 bits per heavy atom. The van der Waals surface area contributed by atoms with Crippen LogP contribution in [0.1, 0.15) is 19.4 Å². The Balaban J connectivity index is 2.04. The van der Waals surface area contributed by atoms with E-state index in [1.807, 2.05) is 6.92 Å². The molecule has 7 nitrogen and oxygen atoms in total. The van der Waals surface area contributed by atoms with Crippen LogP contribution in [0, 0.1) is 17.0 Å². The fourth-order valence-electron chi connectivity index (χ4n) is 2.17. The number of hydrogen-bond acceptors (Lipinski definition) is 5. The molecule has 0 saturated carbocycles. The molecule has 1 unspecified atom stereocenters. The molecule has 25 heavy (non-hydrogen) atoms. The predicted octanol–water partition coefficient (Wildman–Crippen LogP) is 3.71. The summed E-state index contributed by atoms with van der Waals surface area (Å²) in [6.07, 6.45) is -0.821. The third kappa shape index (κ3) is 4.94. The zero-order valence-corrected chi connectivity index (χ0v) is 14.3. The first kappa shape index (κ1) is 18.3. The normalized spacial score (nSPS) is 11.5. The molecule has 2 aromatic carbocycles. The lowest BCUT2D eigenvalue weighted by atomic mass is 10.2. The maximum atomic E-state index is 12.3. The molecule has 1 amide bonds. The summed E-state index contributed by atoms with van der Waals surface area (Å²) in [7, 11) is 0. The third-order valence-electron chi connectivity index (χ3n) is 3.42. The Morgan fingerprint density at radius 3 is 2.44 bits per heavy atom. The van der Waals surface area contributed by atoms with Crippen molar-refractivity contribution in [2.45, 2.75) is 26.9 Å². The van der Waals surface area contributed by atoms with Crippen LogP contribution >= 0.6 is 0 Å². The molecular weight excluding hydrogens is 324 g/mol. The second kappa shape index (κ2) is 8.14. The number of nitrogens with zero attached hydrogens (tertiary/aromatic N) is 1. The minimum absolute atomic E-state index is 0.141. The van der Waals surface area contributed by atoms with Gasteiger partial charge in [-0.25, -0.2) is 0 Å². The third-order valence-corrected chi connectivity index (χ3v) is 3.42. The molecule has 2 rings (SSSR count). The molecule has 0 aliphatic carbocycles. The predicted molar refractivity (Wildman–Crippen MR) is 94.2 cm³/mol. The summed E-state index contributed by atoms with van der Waals surface area (Å²) in [5.41, 5.74) is 0.729. The summed E-state index contributed by atoms with van der Waals surface area (Å²) in [6.45, 7) is 5.78. The monoisotopic (exact) mass is 344 g/mol. The number of nitro benzene ring substituents is 1. The fraction of sp³-hybridized carbons (Fsp3) is 0.278. The lowest BCUT2D eigenvalue weighted by Crippen LogP contribution is -2.30. The Morgan fingerprint density at radius 2 is 1.84 bits per heavy atom. The van der Waals surface area contributed by atoms with Crippen molar-refractivity contribution in [1.82, 2.24) is 0 Å². The van der Waals surface area contributed by atoms with Gasteiger partial charge in [0, 0.05) is 6.07 Å². The van der Waals surface area contributed by atoms with Gasteiger partial charge in [0.15, 0.2) is 6.10 Å². The van der Waals surface area contributed by atoms with Crippen LogP contribution in [0.15, 0.2) is 42.5 Å². The highest BCUT2D eigenvalue weighted by Crippen LogP contribution is 2.26. The summed E-state index contributed by atoms with van der Waals surface area (Å²) < 4.78 is 10.9. The summed E-state index contributed by atoms with van der Waals surface area (Å²) in [5.74, 6) is 0.743. The van der Waals surface area contributed by atoms with Crippen molar-refractivity contribution < 1.29 is 19.2 Å². The molecular formula is C18H20N2O5. The Kier molecular flexibility index (Phi) is 5.94. The van der Waals surface area contributed by atoms with Gasteiger partial charge in [0.2, 0.25) is 0 Å². The van der Waals surface area contributed by atoms with E-state index in [1.165, 1.54) is 12.1 Å². The van der Waals surface area contributed by atoms with Crippen LogP contribution < -0.4 is 14.8 Å². The van der Waals surface area contributed by atoms with Gasteiger partial charge in [-0.15, -0.1) is 0 Å². The molecule has 0 fully saturated rings. The van der Waals surface area contributed by atoms with Crippen molar-refractivity contribution in [1.29, 1.82) is 0 Å². The zero-order chi connectivity index (χ0) is 18.4. The van der Waals surface area contributed by atoms with E-state index in [-0.39, 0.29) is 11.4 Å². The molecule has 1 atom stereocenters. The van der Waals surface area contributed by atoms with E-state index in [9.17, 15) is 14.9 Å². The van der Waals surface area contributed by atoms with E-state index in [0.29, 0.717) is 18.1 Å². The average molecular weight is 344 g/mol. The molecule has 0 aliphatic rings. The van der Waals surface area contributed by atoms with Gasteiger partial charge in [0.1, 0.15) is 17.2 Å². The average Bonchev–Trinajstić information content (AvgIpc) is 2.58. The minimum atomic E-state index is -0.821. The number of carbonyl (C=O) groups excluding carboxylic acids is 1. The quantitative estimate of drug-likeness (QED) is 0.611. The molecule has 0 aromatic heterocycles. The first-order valence-electron chi connectivity index (χ1n) is 7.86. The van der Waals surface area contributed by atoms with Crippen LogP contribution in [0.5, 0.6) is 11.5 Å². The number of rotatable bonds is 7. The van der Waals surface area contributed by atoms with Crippen LogP contribution in [-0.2, 0) is 4.79 Å². The molecule has 2 aromatic rings. The van der Waals surface area contributed by atoms with Gasteiger partial charge < -0.3 is 14.8 Å². The van der Waals surface area contributed by atoms with Crippen molar-refractivity contribution in [2.75, 3.05) is 11.9 Å². The van der Waals surface area contributed by atoms with Gasteiger partial charge in [0.05, 0.1) is 11.5 Å². The number of carbonyl (C=O) groups is 1. The van der Waals surface area contributed by atoms with E-state index >= 15 is 0 Å². The van der Waals surface area contributed by atoms with Gasteiger partial charge in [-0.3, -0.25) is 14.9 Å². The number of nitro groups is 1. The van der Waals surface area contributed by atoms with Crippen LogP contribution in [0.3, 0.4) is 0 Å². The molecule has 1 N–H and O–H groups in total. The summed E-state index contributed by atoms with van der Waals surface area (Å²) in [6, 6.07) is 11.5. The van der Waals surface area contributed by atoms with Crippen molar-refractivity contribution >= 4 is 17.3 Å². The second-order valence-corrected chi connectivity index (χ2v) is 5.43. The number of aryl methyl sites for hydroxylation is 1. The highest BCUT2D eigenvalue weighted by atomic mass is 16.6. The Hall–Kier alpha value is -3.09. The largest absolute Gasteiger partial charge is 0.494 e. The number of amides is 1. The smallest absolute Gasteiger partial charge is 0.293 e. The maximum absolute atomic E-state index is 12.3. The summed E-state index contributed by atoms with van der Waals surface area (Å²) in [5, 5.41) is 13.7. The van der Waals surface area contributed by atoms with E-state index in [2.05, 4.69) is 5.32 Å². The van der Waals surface area contributed by atoms with Gasteiger partial charge in [-0.2, -0.15) is 0 Å². The van der Waals surface area contributed by atoms with E-state index in [0.717, 1.165) is 5.56 Å².